The Hall–Kier alpha value is -3.29. The minimum atomic E-state index is -0.116. The maximum Gasteiger partial charge on any atom is 0.231 e. The van der Waals surface area contributed by atoms with Crippen LogP contribution < -0.4 is 10.6 Å². The summed E-state index contributed by atoms with van der Waals surface area (Å²) < 4.78 is 0. The van der Waals surface area contributed by atoms with Crippen molar-refractivity contribution in [3.8, 4) is 0 Å². The van der Waals surface area contributed by atoms with Gasteiger partial charge in [-0.2, -0.15) is 15.1 Å². The molecule has 8 nitrogen and oxygen atoms in total. The Labute approximate surface area is 164 Å². The number of hydrogen-bond acceptors (Lipinski definition) is 6. The first-order chi connectivity index (χ1) is 13.4. The van der Waals surface area contributed by atoms with Crippen LogP contribution in [0.25, 0.3) is 0 Å². The molecule has 0 spiro atoms. The number of amides is 1. The van der Waals surface area contributed by atoms with Crippen LogP contribution in [0.2, 0.25) is 0 Å². The van der Waals surface area contributed by atoms with Crippen molar-refractivity contribution >= 4 is 23.4 Å². The Morgan fingerprint density at radius 1 is 1.11 bits per heavy atom. The van der Waals surface area contributed by atoms with Crippen molar-refractivity contribution in [2.75, 3.05) is 10.6 Å². The monoisotopic (exact) mass is 379 g/mol. The molecule has 0 radical (unpaired) electrons. The summed E-state index contributed by atoms with van der Waals surface area (Å²) >= 11 is 0. The highest BCUT2D eigenvalue weighted by Gasteiger charge is 2.10. The molecule has 0 aliphatic carbocycles. The number of benzene rings is 1. The number of anilines is 3. The number of carbonyl (C=O) groups is 1. The molecule has 0 fully saturated rings. The first-order valence-electron chi connectivity index (χ1n) is 9.27. The molecule has 1 amide bonds. The molecule has 0 aliphatic heterocycles. The summed E-state index contributed by atoms with van der Waals surface area (Å²) in [5, 5.41) is 13.0. The molecule has 28 heavy (non-hydrogen) atoms. The average Bonchev–Trinajstić information content (AvgIpc) is 3.02. The summed E-state index contributed by atoms with van der Waals surface area (Å²) in [6.07, 6.45) is 0.973. The smallest absolute Gasteiger partial charge is 0.231 e. The van der Waals surface area contributed by atoms with E-state index in [0.717, 1.165) is 23.5 Å². The minimum absolute atomic E-state index is 0.116. The molecule has 3 N–H and O–H groups in total. The molecule has 1 aromatic carbocycles. The lowest BCUT2D eigenvalue weighted by molar-refractivity contribution is -0.115. The number of aromatic amines is 1. The number of carbonyl (C=O) groups excluding carboxylic acids is 1. The van der Waals surface area contributed by atoms with E-state index < -0.39 is 0 Å². The van der Waals surface area contributed by atoms with Crippen LogP contribution in [0.3, 0.4) is 0 Å². The average molecular weight is 379 g/mol. The van der Waals surface area contributed by atoms with Gasteiger partial charge in [0.15, 0.2) is 5.82 Å². The van der Waals surface area contributed by atoms with Crippen LogP contribution in [-0.2, 0) is 17.6 Å². The molecule has 0 bridgehead atoms. The van der Waals surface area contributed by atoms with Gasteiger partial charge < -0.3 is 10.6 Å². The van der Waals surface area contributed by atoms with Crippen molar-refractivity contribution in [2.24, 2.45) is 5.92 Å². The first-order valence-corrected chi connectivity index (χ1v) is 9.27. The van der Waals surface area contributed by atoms with E-state index in [9.17, 15) is 4.79 Å². The summed E-state index contributed by atoms with van der Waals surface area (Å²) in [5.41, 5.74) is 2.61. The molecule has 0 atom stereocenters. The highest BCUT2D eigenvalue weighted by Crippen LogP contribution is 2.14. The highest BCUT2D eigenvalue weighted by atomic mass is 16.1. The van der Waals surface area contributed by atoms with Crippen molar-refractivity contribution in [2.45, 2.75) is 40.5 Å². The molecule has 2 heterocycles. The number of H-pyrrole nitrogens is 1. The van der Waals surface area contributed by atoms with Gasteiger partial charge in [0, 0.05) is 23.9 Å². The predicted molar refractivity (Wildman–Crippen MR) is 108 cm³/mol. The van der Waals surface area contributed by atoms with E-state index in [0.29, 0.717) is 29.2 Å². The third kappa shape index (κ3) is 5.60. The zero-order valence-corrected chi connectivity index (χ0v) is 16.6. The van der Waals surface area contributed by atoms with Crippen LogP contribution in [0.1, 0.15) is 36.8 Å². The van der Waals surface area contributed by atoms with Crippen LogP contribution >= 0.6 is 0 Å². The molecule has 3 rings (SSSR count). The van der Waals surface area contributed by atoms with Gasteiger partial charge in [-0.15, -0.1) is 0 Å². The van der Waals surface area contributed by atoms with Crippen molar-refractivity contribution < 1.29 is 4.79 Å². The van der Waals surface area contributed by atoms with Crippen LogP contribution in [-0.4, -0.2) is 31.1 Å². The van der Waals surface area contributed by atoms with Gasteiger partial charge in [0.25, 0.3) is 0 Å². The minimum Gasteiger partial charge on any atom is -0.326 e. The number of aryl methyl sites for hydroxylation is 2. The zero-order chi connectivity index (χ0) is 20.1. The van der Waals surface area contributed by atoms with Crippen LogP contribution in [0.5, 0.6) is 0 Å². The van der Waals surface area contributed by atoms with Crippen LogP contribution in [0, 0.1) is 19.8 Å². The Balaban J connectivity index is 1.61. The first kappa shape index (κ1) is 19.5. The number of nitrogens with one attached hydrogen (secondary N) is 3. The number of rotatable bonds is 7. The molecule has 8 heteroatoms. The summed E-state index contributed by atoms with van der Waals surface area (Å²) in [6.45, 7) is 8.08. The highest BCUT2D eigenvalue weighted by molar-refractivity contribution is 5.92. The Bertz CT molecular complexity index is 947. The molecule has 0 saturated carbocycles. The number of nitrogens with zero attached hydrogens (tertiary/aromatic N) is 4. The Morgan fingerprint density at radius 2 is 1.86 bits per heavy atom. The van der Waals surface area contributed by atoms with E-state index in [1.807, 2.05) is 38.1 Å². The molecular weight excluding hydrogens is 354 g/mol. The van der Waals surface area contributed by atoms with Crippen LogP contribution in [0.15, 0.2) is 30.3 Å². The zero-order valence-electron chi connectivity index (χ0n) is 16.6. The lowest BCUT2D eigenvalue weighted by Crippen LogP contribution is -2.14. The largest absolute Gasteiger partial charge is 0.326 e. The number of hydrogen-bond donors (Lipinski definition) is 3. The standard InChI is InChI=1S/C20H25N7O/c1-12(2)9-17-21-14(4)22-20(24-17)25-18-10-16(26-27-18)11-19(28)23-15-7-5-13(3)6-8-15/h5-8,10,12H,9,11H2,1-4H3,(H,23,28)(H2,21,22,24,25,26,27). The molecule has 0 saturated heterocycles. The van der Waals surface area contributed by atoms with Crippen LogP contribution in [0.4, 0.5) is 17.5 Å². The summed E-state index contributed by atoms with van der Waals surface area (Å²) in [6, 6.07) is 9.45. The van der Waals surface area contributed by atoms with E-state index in [4.69, 9.17) is 0 Å². The van der Waals surface area contributed by atoms with E-state index in [1.54, 1.807) is 6.07 Å². The fraction of sp³-hybridized carbons (Fsp3) is 0.350. The van der Waals surface area contributed by atoms with Gasteiger partial charge in [-0.3, -0.25) is 9.89 Å². The molecule has 2 aromatic heterocycles. The van der Waals surface area contributed by atoms with E-state index in [-0.39, 0.29) is 12.3 Å². The van der Waals surface area contributed by atoms with Crippen molar-refractivity contribution in [1.82, 2.24) is 25.1 Å². The van der Waals surface area contributed by atoms with E-state index in [2.05, 4.69) is 49.6 Å². The topological polar surface area (TPSA) is 108 Å². The third-order valence-electron chi connectivity index (χ3n) is 3.94. The van der Waals surface area contributed by atoms with Gasteiger partial charge in [0.2, 0.25) is 11.9 Å². The Kier molecular flexibility index (Phi) is 5.98. The third-order valence-corrected chi connectivity index (χ3v) is 3.94. The summed E-state index contributed by atoms with van der Waals surface area (Å²) in [5.74, 6) is 2.75. The second-order valence-electron chi connectivity index (χ2n) is 7.21. The van der Waals surface area contributed by atoms with Gasteiger partial charge in [-0.1, -0.05) is 31.5 Å². The SMILES string of the molecule is Cc1ccc(NC(=O)Cc2cc(Nc3nc(C)nc(CC(C)C)n3)n[nH]2)cc1. The molecular formula is C20H25N7O. The summed E-state index contributed by atoms with van der Waals surface area (Å²) in [7, 11) is 0. The fourth-order valence-corrected chi connectivity index (χ4v) is 2.70. The van der Waals surface area contributed by atoms with Gasteiger partial charge in [0.1, 0.15) is 11.6 Å². The lowest BCUT2D eigenvalue weighted by atomic mass is 10.1. The maximum absolute atomic E-state index is 12.2. The number of aromatic nitrogens is 5. The molecule has 0 unspecified atom stereocenters. The molecule has 3 aromatic rings. The van der Waals surface area contributed by atoms with Crippen molar-refractivity contribution in [3.05, 3.63) is 53.2 Å². The van der Waals surface area contributed by atoms with Gasteiger partial charge in [-0.25, -0.2) is 4.98 Å². The van der Waals surface area contributed by atoms with Gasteiger partial charge in [-0.05, 0) is 31.9 Å². The normalized spacial score (nSPS) is 10.9. The maximum atomic E-state index is 12.2. The lowest BCUT2D eigenvalue weighted by Gasteiger charge is -2.07. The van der Waals surface area contributed by atoms with Gasteiger partial charge >= 0.3 is 0 Å². The van der Waals surface area contributed by atoms with E-state index in [1.165, 1.54) is 0 Å². The predicted octanol–water partition coefficient (Wildman–Crippen LogP) is 3.33. The summed E-state index contributed by atoms with van der Waals surface area (Å²) in [4.78, 5) is 25.3. The fourth-order valence-electron chi connectivity index (χ4n) is 2.70. The van der Waals surface area contributed by atoms with Gasteiger partial charge in [0.05, 0.1) is 6.42 Å². The molecule has 0 aliphatic rings. The Morgan fingerprint density at radius 3 is 2.57 bits per heavy atom. The van der Waals surface area contributed by atoms with E-state index >= 15 is 0 Å². The van der Waals surface area contributed by atoms with Crippen molar-refractivity contribution in [3.63, 3.8) is 0 Å². The van der Waals surface area contributed by atoms with Crippen molar-refractivity contribution in [1.29, 1.82) is 0 Å². The second kappa shape index (κ2) is 8.60. The molecule has 146 valence electrons. The second-order valence-corrected chi connectivity index (χ2v) is 7.21. The quantitative estimate of drug-likeness (QED) is 0.581.